The summed E-state index contributed by atoms with van der Waals surface area (Å²) in [6, 6.07) is 5.92. The minimum atomic E-state index is -3.33. The number of hydrogen-bond donors (Lipinski definition) is 3. The Labute approximate surface area is 182 Å². The van der Waals surface area contributed by atoms with Crippen LogP contribution in [0.1, 0.15) is 32.1 Å². The van der Waals surface area contributed by atoms with Gasteiger partial charge in [0.25, 0.3) is 0 Å². The fraction of sp³-hybridized carbons (Fsp3) is 0.667. The minimum absolute atomic E-state index is 0.0995. The van der Waals surface area contributed by atoms with Crippen LogP contribution in [0.25, 0.3) is 0 Å². The lowest BCUT2D eigenvalue weighted by Gasteiger charge is -2.34. The zero-order valence-corrected chi connectivity index (χ0v) is 18.2. The van der Waals surface area contributed by atoms with Gasteiger partial charge in [-0.3, -0.25) is 0 Å². The van der Waals surface area contributed by atoms with Gasteiger partial charge in [-0.15, -0.1) is 0 Å². The third-order valence-electron chi connectivity index (χ3n) is 6.34. The molecule has 0 bridgehead atoms. The van der Waals surface area contributed by atoms with Gasteiger partial charge >= 0.3 is 6.09 Å². The molecule has 2 aliphatic heterocycles. The summed E-state index contributed by atoms with van der Waals surface area (Å²) in [5, 5.41) is 23.1. The monoisotopic (exact) mass is 454 g/mol. The molecule has 1 saturated carbocycles. The van der Waals surface area contributed by atoms with Crippen LogP contribution in [0.4, 0.5) is 4.79 Å². The predicted molar refractivity (Wildman–Crippen MR) is 112 cm³/mol. The first-order valence-electron chi connectivity index (χ1n) is 10.8. The van der Waals surface area contributed by atoms with Crippen molar-refractivity contribution in [3.05, 3.63) is 24.3 Å². The maximum atomic E-state index is 12.4. The lowest BCUT2D eigenvalue weighted by molar-refractivity contribution is -0.0205. The van der Waals surface area contributed by atoms with E-state index >= 15 is 0 Å². The van der Waals surface area contributed by atoms with Crippen molar-refractivity contribution in [3.8, 4) is 5.75 Å². The molecule has 0 aromatic heterocycles. The molecule has 0 unspecified atom stereocenters. The van der Waals surface area contributed by atoms with Gasteiger partial charge in [-0.25, -0.2) is 13.2 Å². The van der Waals surface area contributed by atoms with E-state index in [1.807, 2.05) is 0 Å². The van der Waals surface area contributed by atoms with Gasteiger partial charge in [0.2, 0.25) is 0 Å². The number of piperidine rings is 1. The summed E-state index contributed by atoms with van der Waals surface area (Å²) in [6.45, 7) is 1.79. The summed E-state index contributed by atoms with van der Waals surface area (Å²) in [6.07, 6.45) is 1.53. The van der Waals surface area contributed by atoms with Crippen molar-refractivity contribution in [2.45, 2.75) is 60.0 Å². The lowest BCUT2D eigenvalue weighted by Crippen LogP contribution is -2.47. The summed E-state index contributed by atoms with van der Waals surface area (Å²) < 4.78 is 36.3. The summed E-state index contributed by atoms with van der Waals surface area (Å²) in [5.41, 5.74) is -0.279. The van der Waals surface area contributed by atoms with Gasteiger partial charge in [-0.1, -0.05) is 6.07 Å². The van der Waals surface area contributed by atoms with Crippen molar-refractivity contribution in [1.82, 2.24) is 10.2 Å². The van der Waals surface area contributed by atoms with E-state index in [0.717, 1.165) is 25.9 Å². The second-order valence-corrected chi connectivity index (χ2v) is 10.9. The van der Waals surface area contributed by atoms with Gasteiger partial charge in [-0.05, 0) is 63.4 Å². The summed E-state index contributed by atoms with van der Waals surface area (Å²) in [4.78, 5) is 13.3. The molecule has 3 fully saturated rings. The standard InChI is InChI=1S/C21H30N2O7S/c24-16(14-29-17-2-1-3-19(10-17)31(27,28)18-4-5-18)12-23(20(25)26)15-11-21(30-13-15)6-8-22-9-7-21/h1-3,10,15-16,18,22,24H,4-9,11-14H2,(H,25,26)/t15-,16-/m0/s1. The number of rotatable bonds is 8. The molecule has 3 N–H and O–H groups in total. The highest BCUT2D eigenvalue weighted by atomic mass is 32.2. The molecule has 1 amide bonds. The Morgan fingerprint density at radius 1 is 1.32 bits per heavy atom. The summed E-state index contributed by atoms with van der Waals surface area (Å²) >= 11 is 0. The number of ether oxygens (including phenoxy) is 2. The van der Waals surface area contributed by atoms with E-state index in [9.17, 15) is 23.4 Å². The van der Waals surface area contributed by atoms with Crippen molar-refractivity contribution < 1.29 is 32.9 Å². The van der Waals surface area contributed by atoms with E-state index in [4.69, 9.17) is 9.47 Å². The first kappa shape index (κ1) is 22.3. The van der Waals surface area contributed by atoms with Crippen molar-refractivity contribution >= 4 is 15.9 Å². The molecular weight excluding hydrogens is 424 g/mol. The summed E-state index contributed by atoms with van der Waals surface area (Å²) in [5.74, 6) is 0.334. The largest absolute Gasteiger partial charge is 0.491 e. The van der Waals surface area contributed by atoms with Crippen LogP contribution in [-0.2, 0) is 14.6 Å². The average molecular weight is 455 g/mol. The SMILES string of the molecule is O=C(O)N(C[C@H](O)COc1cccc(S(=O)(=O)C2CC2)c1)[C@@H]1COC2(CCNCC2)C1. The second-order valence-electron chi connectivity index (χ2n) is 8.72. The van der Waals surface area contributed by atoms with Crippen molar-refractivity contribution in [2.24, 2.45) is 0 Å². The molecule has 4 rings (SSSR count). The van der Waals surface area contributed by atoms with Crippen LogP contribution < -0.4 is 10.1 Å². The Morgan fingerprint density at radius 2 is 2.06 bits per heavy atom. The number of hydrogen-bond acceptors (Lipinski definition) is 7. The maximum absolute atomic E-state index is 12.4. The smallest absolute Gasteiger partial charge is 0.407 e. The van der Waals surface area contributed by atoms with Crippen molar-refractivity contribution in [1.29, 1.82) is 0 Å². The number of amides is 1. The highest BCUT2D eigenvalue weighted by Crippen LogP contribution is 2.36. The highest BCUT2D eigenvalue weighted by molar-refractivity contribution is 7.92. The number of sulfone groups is 1. The molecule has 10 heteroatoms. The van der Waals surface area contributed by atoms with Gasteiger partial charge < -0.3 is 29.9 Å². The van der Waals surface area contributed by atoms with E-state index in [2.05, 4.69) is 5.32 Å². The van der Waals surface area contributed by atoms with Crippen molar-refractivity contribution in [2.75, 3.05) is 32.8 Å². The van der Waals surface area contributed by atoms with Crippen LogP contribution in [0.3, 0.4) is 0 Å². The lowest BCUT2D eigenvalue weighted by atomic mass is 9.88. The Morgan fingerprint density at radius 3 is 2.74 bits per heavy atom. The number of aliphatic hydroxyl groups is 1. The zero-order valence-electron chi connectivity index (χ0n) is 17.4. The molecule has 1 aromatic carbocycles. The fourth-order valence-corrected chi connectivity index (χ4v) is 6.11. The van der Waals surface area contributed by atoms with Gasteiger partial charge in [-0.2, -0.15) is 0 Å². The molecule has 0 radical (unpaired) electrons. The van der Waals surface area contributed by atoms with Gasteiger partial charge in [0, 0.05) is 0 Å². The van der Waals surface area contributed by atoms with E-state index in [1.165, 1.54) is 11.0 Å². The van der Waals surface area contributed by atoms with Gasteiger partial charge in [0.1, 0.15) is 18.5 Å². The molecule has 3 aliphatic rings. The summed E-state index contributed by atoms with van der Waals surface area (Å²) in [7, 11) is -3.33. The van der Waals surface area contributed by atoms with Gasteiger partial charge in [0.15, 0.2) is 9.84 Å². The molecule has 2 saturated heterocycles. The molecule has 31 heavy (non-hydrogen) atoms. The van der Waals surface area contributed by atoms with Crippen LogP contribution in [0.15, 0.2) is 29.2 Å². The molecule has 9 nitrogen and oxygen atoms in total. The molecule has 1 spiro atoms. The number of nitrogens with one attached hydrogen (secondary N) is 1. The first-order chi connectivity index (χ1) is 14.8. The maximum Gasteiger partial charge on any atom is 0.407 e. The van der Waals surface area contributed by atoms with Crippen LogP contribution in [0, 0.1) is 0 Å². The molecule has 172 valence electrons. The third-order valence-corrected chi connectivity index (χ3v) is 8.60. The van der Waals surface area contributed by atoms with Crippen LogP contribution >= 0.6 is 0 Å². The number of benzene rings is 1. The van der Waals surface area contributed by atoms with Crippen LogP contribution in [0.2, 0.25) is 0 Å². The van der Waals surface area contributed by atoms with Crippen LogP contribution in [0.5, 0.6) is 5.75 Å². The van der Waals surface area contributed by atoms with Gasteiger partial charge in [0.05, 0.1) is 34.9 Å². The molecular formula is C21H30N2O7S. The molecule has 2 heterocycles. The number of aliphatic hydroxyl groups excluding tert-OH is 1. The normalized spacial score (nSPS) is 24.1. The fourth-order valence-electron chi connectivity index (χ4n) is 4.42. The zero-order chi connectivity index (χ0) is 22.1. The third kappa shape index (κ3) is 5.14. The topological polar surface area (TPSA) is 125 Å². The second kappa shape index (κ2) is 8.93. The van der Waals surface area contributed by atoms with E-state index in [-0.39, 0.29) is 34.9 Å². The molecule has 1 aliphatic carbocycles. The Hall–Kier alpha value is -1.88. The Bertz CT molecular complexity index is 897. The number of carboxylic acid groups (broad SMARTS) is 1. The Balaban J connectivity index is 1.33. The van der Waals surface area contributed by atoms with E-state index in [0.29, 0.717) is 31.6 Å². The Kier molecular flexibility index (Phi) is 6.43. The number of carbonyl (C=O) groups is 1. The molecule has 2 atom stereocenters. The average Bonchev–Trinajstić information content (AvgIpc) is 3.55. The quantitative estimate of drug-likeness (QED) is 0.536. The number of nitrogens with zero attached hydrogens (tertiary/aromatic N) is 1. The van der Waals surface area contributed by atoms with E-state index < -0.39 is 22.0 Å². The highest BCUT2D eigenvalue weighted by Gasteiger charge is 2.44. The minimum Gasteiger partial charge on any atom is -0.491 e. The predicted octanol–water partition coefficient (Wildman–Crippen LogP) is 1.25. The van der Waals surface area contributed by atoms with Crippen molar-refractivity contribution in [3.63, 3.8) is 0 Å². The molecule has 1 aromatic rings. The first-order valence-corrected chi connectivity index (χ1v) is 12.3. The van der Waals surface area contributed by atoms with E-state index in [1.54, 1.807) is 18.2 Å². The van der Waals surface area contributed by atoms with Crippen LogP contribution in [-0.4, -0.2) is 85.5 Å².